The molecular formula is C19H20BrNO6S. The van der Waals surface area contributed by atoms with Crippen molar-refractivity contribution in [1.29, 1.82) is 0 Å². The minimum absolute atomic E-state index is 0.161. The van der Waals surface area contributed by atoms with Crippen molar-refractivity contribution in [2.45, 2.75) is 13.8 Å². The SMILES string of the molecule is C=CCN1C(=O)SC(=Cc2cc(OCC)c(OCC(=O)OCC)cc2Br)C1=O. The Bertz CT molecular complexity index is 823. The van der Waals surface area contributed by atoms with Crippen LogP contribution in [0.25, 0.3) is 6.08 Å². The van der Waals surface area contributed by atoms with E-state index < -0.39 is 5.97 Å². The molecule has 0 unspecified atom stereocenters. The van der Waals surface area contributed by atoms with E-state index >= 15 is 0 Å². The Hall–Kier alpha value is -2.26. The third-order valence-corrected chi connectivity index (χ3v) is 5.08. The Morgan fingerprint density at radius 3 is 2.57 bits per heavy atom. The number of hydrogen-bond acceptors (Lipinski definition) is 7. The van der Waals surface area contributed by atoms with Crippen LogP contribution >= 0.6 is 27.7 Å². The molecule has 9 heteroatoms. The predicted octanol–water partition coefficient (Wildman–Crippen LogP) is 4.01. The van der Waals surface area contributed by atoms with Gasteiger partial charge in [-0.15, -0.1) is 6.58 Å². The Balaban J connectivity index is 2.29. The number of carbonyl (C=O) groups excluding carboxylic acids is 3. The zero-order chi connectivity index (χ0) is 20.7. The molecule has 1 aliphatic heterocycles. The smallest absolute Gasteiger partial charge is 0.344 e. The first kappa shape index (κ1) is 22.0. The second-order valence-electron chi connectivity index (χ2n) is 5.43. The van der Waals surface area contributed by atoms with Crippen LogP contribution in [0.5, 0.6) is 11.5 Å². The standard InChI is InChI=1S/C19H20BrNO6S/c1-4-7-21-18(23)16(28-19(21)24)9-12-8-14(25-5-2)15(10-13(12)20)27-11-17(22)26-6-3/h4,8-10H,1,5-7,11H2,2-3H3. The molecule has 1 fully saturated rings. The van der Waals surface area contributed by atoms with Crippen molar-refractivity contribution >= 4 is 50.9 Å². The molecule has 1 saturated heterocycles. The molecule has 0 atom stereocenters. The third-order valence-electron chi connectivity index (χ3n) is 3.49. The van der Waals surface area contributed by atoms with Gasteiger partial charge in [-0.3, -0.25) is 14.5 Å². The van der Waals surface area contributed by atoms with Gasteiger partial charge in [0.15, 0.2) is 18.1 Å². The number of esters is 1. The van der Waals surface area contributed by atoms with Crippen molar-refractivity contribution in [2.75, 3.05) is 26.4 Å². The summed E-state index contributed by atoms with van der Waals surface area (Å²) in [6, 6.07) is 3.32. The monoisotopic (exact) mass is 469 g/mol. The minimum atomic E-state index is -0.485. The van der Waals surface area contributed by atoms with Crippen molar-refractivity contribution in [2.24, 2.45) is 0 Å². The Morgan fingerprint density at radius 2 is 1.93 bits per heavy atom. The molecular weight excluding hydrogens is 450 g/mol. The van der Waals surface area contributed by atoms with Gasteiger partial charge in [-0.2, -0.15) is 0 Å². The van der Waals surface area contributed by atoms with Gasteiger partial charge in [-0.1, -0.05) is 22.0 Å². The van der Waals surface area contributed by atoms with Crippen molar-refractivity contribution in [1.82, 2.24) is 4.90 Å². The summed E-state index contributed by atoms with van der Waals surface area (Å²) < 4.78 is 16.6. The lowest BCUT2D eigenvalue weighted by atomic mass is 10.2. The molecule has 0 saturated carbocycles. The number of rotatable bonds is 9. The van der Waals surface area contributed by atoms with Gasteiger partial charge in [0.2, 0.25) is 0 Å². The number of carbonyl (C=O) groups is 3. The fourth-order valence-electron chi connectivity index (χ4n) is 2.31. The van der Waals surface area contributed by atoms with Crippen LogP contribution in [0.15, 0.2) is 34.2 Å². The van der Waals surface area contributed by atoms with Crippen LogP contribution in [0.2, 0.25) is 0 Å². The molecule has 0 aliphatic carbocycles. The van der Waals surface area contributed by atoms with E-state index in [0.29, 0.717) is 33.0 Å². The van der Waals surface area contributed by atoms with Crippen molar-refractivity contribution in [3.8, 4) is 11.5 Å². The van der Waals surface area contributed by atoms with E-state index in [0.717, 1.165) is 16.7 Å². The number of halogens is 1. The topological polar surface area (TPSA) is 82.1 Å². The average molecular weight is 470 g/mol. The maximum absolute atomic E-state index is 12.4. The van der Waals surface area contributed by atoms with Gasteiger partial charge in [0.25, 0.3) is 11.1 Å². The Kier molecular flexibility index (Phi) is 8.13. The summed E-state index contributed by atoms with van der Waals surface area (Å²) in [6.07, 6.45) is 3.10. The zero-order valence-corrected chi connectivity index (χ0v) is 17.9. The third kappa shape index (κ3) is 5.39. The average Bonchev–Trinajstić information content (AvgIpc) is 2.91. The lowest BCUT2D eigenvalue weighted by molar-refractivity contribution is -0.145. The van der Waals surface area contributed by atoms with Crippen molar-refractivity contribution in [3.63, 3.8) is 0 Å². The van der Waals surface area contributed by atoms with E-state index in [1.165, 1.54) is 6.08 Å². The van der Waals surface area contributed by atoms with Crippen LogP contribution < -0.4 is 9.47 Å². The molecule has 0 aromatic heterocycles. The summed E-state index contributed by atoms with van der Waals surface area (Å²) in [5.74, 6) is -0.0892. The molecule has 1 aromatic rings. The van der Waals surface area contributed by atoms with E-state index in [2.05, 4.69) is 22.5 Å². The van der Waals surface area contributed by atoms with E-state index in [1.807, 2.05) is 6.92 Å². The first-order valence-corrected chi connectivity index (χ1v) is 10.1. The number of hydrogen-bond donors (Lipinski definition) is 0. The summed E-state index contributed by atoms with van der Waals surface area (Å²) in [4.78, 5) is 37.3. The molecule has 7 nitrogen and oxygen atoms in total. The maximum atomic E-state index is 12.4. The molecule has 0 bridgehead atoms. The van der Waals surface area contributed by atoms with E-state index in [4.69, 9.17) is 14.2 Å². The van der Waals surface area contributed by atoms with E-state index in [1.54, 1.807) is 25.1 Å². The summed E-state index contributed by atoms with van der Waals surface area (Å²) in [5, 5.41) is -0.341. The molecule has 0 spiro atoms. The number of ether oxygens (including phenoxy) is 3. The number of nitrogens with zero attached hydrogens (tertiary/aromatic N) is 1. The second kappa shape index (κ2) is 10.3. The molecule has 2 rings (SSSR count). The van der Waals surface area contributed by atoms with Crippen LogP contribution in [0.3, 0.4) is 0 Å². The number of thioether (sulfide) groups is 1. The van der Waals surface area contributed by atoms with E-state index in [9.17, 15) is 14.4 Å². The molecule has 0 N–H and O–H groups in total. The first-order valence-electron chi connectivity index (χ1n) is 8.52. The maximum Gasteiger partial charge on any atom is 0.344 e. The summed E-state index contributed by atoms with van der Waals surface area (Å²) >= 11 is 4.29. The van der Waals surface area contributed by atoms with Gasteiger partial charge in [-0.05, 0) is 49.4 Å². The fraction of sp³-hybridized carbons (Fsp3) is 0.316. The lowest BCUT2D eigenvalue weighted by Gasteiger charge is -2.14. The van der Waals surface area contributed by atoms with Crippen LogP contribution in [0, 0.1) is 0 Å². The highest BCUT2D eigenvalue weighted by Crippen LogP contribution is 2.38. The summed E-state index contributed by atoms with van der Waals surface area (Å²) in [6.45, 7) is 7.64. The molecule has 2 amide bonds. The zero-order valence-electron chi connectivity index (χ0n) is 15.5. The minimum Gasteiger partial charge on any atom is -0.490 e. The number of benzene rings is 1. The van der Waals surface area contributed by atoms with Crippen molar-refractivity contribution in [3.05, 3.63) is 39.7 Å². The lowest BCUT2D eigenvalue weighted by Crippen LogP contribution is -2.27. The van der Waals surface area contributed by atoms with Crippen molar-refractivity contribution < 1.29 is 28.6 Å². The molecule has 1 heterocycles. The van der Waals surface area contributed by atoms with Crippen LogP contribution in [0.4, 0.5) is 4.79 Å². The van der Waals surface area contributed by atoms with E-state index in [-0.39, 0.29) is 30.9 Å². The normalized spacial score (nSPS) is 15.1. The number of amides is 2. The number of imide groups is 1. The molecule has 28 heavy (non-hydrogen) atoms. The molecule has 0 radical (unpaired) electrons. The van der Waals surface area contributed by atoms with Gasteiger partial charge >= 0.3 is 5.97 Å². The largest absolute Gasteiger partial charge is 0.490 e. The second-order valence-corrected chi connectivity index (χ2v) is 7.28. The highest BCUT2D eigenvalue weighted by Gasteiger charge is 2.34. The molecule has 1 aliphatic rings. The molecule has 150 valence electrons. The van der Waals surface area contributed by atoms with Crippen LogP contribution in [-0.4, -0.2) is 48.4 Å². The van der Waals surface area contributed by atoms with Gasteiger partial charge < -0.3 is 14.2 Å². The fourth-order valence-corrected chi connectivity index (χ4v) is 3.59. The van der Waals surface area contributed by atoms with Gasteiger partial charge in [0, 0.05) is 11.0 Å². The summed E-state index contributed by atoms with van der Waals surface area (Å²) in [5.41, 5.74) is 0.635. The van der Waals surface area contributed by atoms with Gasteiger partial charge in [0.05, 0.1) is 18.1 Å². The van der Waals surface area contributed by atoms with Gasteiger partial charge in [0.1, 0.15) is 0 Å². The quantitative estimate of drug-likeness (QED) is 0.306. The Morgan fingerprint density at radius 1 is 1.21 bits per heavy atom. The first-order chi connectivity index (χ1) is 13.4. The van der Waals surface area contributed by atoms with Gasteiger partial charge in [-0.25, -0.2) is 4.79 Å². The van der Waals surface area contributed by atoms with Crippen LogP contribution in [-0.2, 0) is 14.3 Å². The molecule has 1 aromatic carbocycles. The van der Waals surface area contributed by atoms with Crippen LogP contribution in [0.1, 0.15) is 19.4 Å². The Labute approximate surface area is 175 Å². The highest BCUT2D eigenvalue weighted by atomic mass is 79.9. The highest BCUT2D eigenvalue weighted by molar-refractivity contribution is 9.10. The summed E-state index contributed by atoms with van der Waals surface area (Å²) in [7, 11) is 0. The predicted molar refractivity (Wildman–Crippen MR) is 110 cm³/mol.